The molecule has 1 saturated heterocycles. The van der Waals surface area contributed by atoms with Crippen LogP contribution in [0.3, 0.4) is 0 Å². The smallest absolute Gasteiger partial charge is 0.248 e. The highest BCUT2D eigenvalue weighted by Gasteiger charge is 2.25. The van der Waals surface area contributed by atoms with Crippen LogP contribution in [-0.4, -0.2) is 52.6 Å². The van der Waals surface area contributed by atoms with Crippen molar-refractivity contribution in [3.05, 3.63) is 42.0 Å². The summed E-state index contributed by atoms with van der Waals surface area (Å²) in [4.78, 5) is 27.3. The number of nitrogens with one attached hydrogen (secondary N) is 1. The topological polar surface area (TPSA) is 80.2 Å². The number of hydrogen-bond donors (Lipinski definition) is 1. The van der Waals surface area contributed by atoms with Gasteiger partial charge in [-0.25, -0.2) is 9.97 Å². The number of pyridine rings is 1. The molecule has 0 unspecified atom stereocenters. The van der Waals surface area contributed by atoms with Crippen molar-refractivity contribution in [2.45, 2.75) is 25.7 Å². The zero-order chi connectivity index (χ0) is 17.6. The van der Waals surface area contributed by atoms with E-state index in [2.05, 4.69) is 20.3 Å². The molecular weight excluding hydrogens is 318 g/mol. The van der Waals surface area contributed by atoms with Crippen molar-refractivity contribution >= 4 is 17.5 Å². The number of nitrogens with zero attached hydrogens (tertiary/aromatic N) is 4. The van der Waals surface area contributed by atoms with Gasteiger partial charge in [0.25, 0.3) is 0 Å². The van der Waals surface area contributed by atoms with Crippen LogP contribution in [0.25, 0.3) is 0 Å². The summed E-state index contributed by atoms with van der Waals surface area (Å²) in [6.07, 6.45) is 5.42. The normalized spacial score (nSPS) is 17.4. The van der Waals surface area contributed by atoms with Gasteiger partial charge in [-0.05, 0) is 31.9 Å². The molecule has 1 amide bonds. The van der Waals surface area contributed by atoms with Crippen LogP contribution in [0.4, 0.5) is 11.6 Å². The molecule has 7 nitrogen and oxygen atoms in total. The molecule has 2 aromatic heterocycles. The number of aromatic nitrogens is 3. The number of piperidine rings is 1. The van der Waals surface area contributed by atoms with Crippen LogP contribution in [0.5, 0.6) is 0 Å². The second-order valence-corrected chi connectivity index (χ2v) is 6.23. The zero-order valence-electron chi connectivity index (χ0n) is 14.6. The van der Waals surface area contributed by atoms with Crippen molar-refractivity contribution in [3.63, 3.8) is 0 Å². The molecule has 1 fully saturated rings. The monoisotopic (exact) mass is 341 g/mol. The number of anilines is 2. The second kappa shape index (κ2) is 8.02. The number of aryl methyl sites for hydroxylation is 1. The number of rotatable bonds is 5. The minimum atomic E-state index is 0.0263. The lowest BCUT2D eigenvalue weighted by Crippen LogP contribution is -2.41. The fourth-order valence-corrected chi connectivity index (χ4v) is 3.04. The van der Waals surface area contributed by atoms with Gasteiger partial charge in [0.05, 0.1) is 11.9 Å². The first kappa shape index (κ1) is 17.3. The number of amides is 1. The van der Waals surface area contributed by atoms with Gasteiger partial charge in [0.15, 0.2) is 0 Å². The van der Waals surface area contributed by atoms with E-state index in [9.17, 15) is 4.79 Å². The molecule has 1 atom stereocenters. The van der Waals surface area contributed by atoms with Crippen LogP contribution >= 0.6 is 0 Å². The zero-order valence-corrected chi connectivity index (χ0v) is 14.6. The minimum Gasteiger partial charge on any atom is -0.375 e. The number of methoxy groups -OCH3 is 1. The molecule has 1 N–H and O–H groups in total. The van der Waals surface area contributed by atoms with Crippen molar-refractivity contribution in [3.8, 4) is 0 Å². The molecule has 0 radical (unpaired) electrons. The van der Waals surface area contributed by atoms with E-state index in [1.165, 1.54) is 0 Å². The van der Waals surface area contributed by atoms with Gasteiger partial charge in [-0.3, -0.25) is 9.78 Å². The second-order valence-electron chi connectivity index (χ2n) is 6.23. The Balaban J connectivity index is 1.71. The maximum Gasteiger partial charge on any atom is 0.248 e. The number of carbonyl (C=O) groups is 1. The summed E-state index contributed by atoms with van der Waals surface area (Å²) in [7, 11) is 1.54. The summed E-state index contributed by atoms with van der Waals surface area (Å²) >= 11 is 0. The van der Waals surface area contributed by atoms with Crippen molar-refractivity contribution < 1.29 is 9.53 Å². The molecule has 1 aliphatic heterocycles. The van der Waals surface area contributed by atoms with Gasteiger partial charge in [0.2, 0.25) is 5.91 Å². The average molecular weight is 341 g/mol. The van der Waals surface area contributed by atoms with Gasteiger partial charge >= 0.3 is 0 Å². The fraction of sp³-hybridized carbons (Fsp3) is 0.444. The van der Waals surface area contributed by atoms with Crippen LogP contribution in [0, 0.1) is 6.92 Å². The van der Waals surface area contributed by atoms with E-state index < -0.39 is 0 Å². The lowest BCUT2D eigenvalue weighted by atomic mass is 9.95. The molecule has 7 heteroatoms. The predicted octanol–water partition coefficient (Wildman–Crippen LogP) is 2.28. The Morgan fingerprint density at radius 3 is 3.00 bits per heavy atom. The number of ether oxygens (including phenoxy) is 1. The van der Waals surface area contributed by atoms with Gasteiger partial charge in [-0.1, -0.05) is 6.07 Å². The summed E-state index contributed by atoms with van der Waals surface area (Å²) in [5.41, 5.74) is 1.83. The largest absolute Gasteiger partial charge is 0.375 e. The highest BCUT2D eigenvalue weighted by Crippen LogP contribution is 2.26. The molecule has 2 aromatic rings. The molecule has 1 aliphatic rings. The summed E-state index contributed by atoms with van der Waals surface area (Å²) in [6.45, 7) is 3.50. The third-order valence-corrected chi connectivity index (χ3v) is 4.26. The molecule has 132 valence electrons. The molecule has 0 spiro atoms. The lowest BCUT2D eigenvalue weighted by molar-refractivity contribution is -0.136. The minimum absolute atomic E-state index is 0.0263. The first-order chi connectivity index (χ1) is 12.2. The predicted molar refractivity (Wildman–Crippen MR) is 94.7 cm³/mol. The Labute approximate surface area is 147 Å². The Kier molecular flexibility index (Phi) is 5.55. The summed E-state index contributed by atoms with van der Waals surface area (Å²) in [5.74, 6) is 1.62. The van der Waals surface area contributed by atoms with Crippen LogP contribution in [0.2, 0.25) is 0 Å². The number of carbonyl (C=O) groups excluding carboxylic acids is 1. The Morgan fingerprint density at radius 1 is 1.32 bits per heavy atom. The molecule has 0 saturated carbocycles. The SMILES string of the molecule is COCC(=O)N1CCC[C@H](c2cncc(Nc3cccc(C)n3)n2)C1. The molecule has 25 heavy (non-hydrogen) atoms. The summed E-state index contributed by atoms with van der Waals surface area (Å²) in [5, 5.41) is 3.19. The van der Waals surface area contributed by atoms with Gasteiger partial charge in [-0.15, -0.1) is 0 Å². The lowest BCUT2D eigenvalue weighted by Gasteiger charge is -2.32. The fourth-order valence-electron chi connectivity index (χ4n) is 3.04. The van der Waals surface area contributed by atoms with Crippen LogP contribution in [-0.2, 0) is 9.53 Å². The third-order valence-electron chi connectivity index (χ3n) is 4.26. The Morgan fingerprint density at radius 2 is 2.20 bits per heavy atom. The Hall–Kier alpha value is -2.54. The molecule has 3 rings (SSSR count). The number of likely N-dealkylation sites (tertiary alicyclic amines) is 1. The molecular formula is C18H23N5O2. The van der Waals surface area contributed by atoms with E-state index in [1.807, 2.05) is 30.0 Å². The van der Waals surface area contributed by atoms with Crippen molar-refractivity contribution in [1.82, 2.24) is 19.9 Å². The highest BCUT2D eigenvalue weighted by atomic mass is 16.5. The molecule has 0 aliphatic carbocycles. The first-order valence-electron chi connectivity index (χ1n) is 8.45. The summed E-state index contributed by atoms with van der Waals surface area (Å²) in [6, 6.07) is 5.79. The van der Waals surface area contributed by atoms with Gasteiger partial charge < -0.3 is 15.0 Å². The number of hydrogen-bond acceptors (Lipinski definition) is 6. The van der Waals surface area contributed by atoms with E-state index >= 15 is 0 Å². The van der Waals surface area contributed by atoms with E-state index in [0.717, 1.165) is 36.6 Å². The maximum atomic E-state index is 12.1. The van der Waals surface area contributed by atoms with Gasteiger partial charge in [-0.2, -0.15) is 0 Å². The van der Waals surface area contributed by atoms with Crippen molar-refractivity contribution in [2.75, 3.05) is 32.1 Å². The molecule has 3 heterocycles. The highest BCUT2D eigenvalue weighted by molar-refractivity contribution is 5.77. The molecule has 0 aromatic carbocycles. The van der Waals surface area contributed by atoms with Crippen LogP contribution in [0.15, 0.2) is 30.6 Å². The van der Waals surface area contributed by atoms with Crippen LogP contribution < -0.4 is 5.32 Å². The van der Waals surface area contributed by atoms with E-state index in [1.54, 1.807) is 19.5 Å². The van der Waals surface area contributed by atoms with Gasteiger partial charge in [0.1, 0.15) is 18.2 Å². The average Bonchev–Trinajstić information content (AvgIpc) is 2.62. The third kappa shape index (κ3) is 4.51. The van der Waals surface area contributed by atoms with Crippen molar-refractivity contribution in [1.29, 1.82) is 0 Å². The first-order valence-corrected chi connectivity index (χ1v) is 8.45. The van der Waals surface area contributed by atoms with Gasteiger partial charge in [0, 0.05) is 38.0 Å². The standard InChI is InChI=1S/C18H23N5O2/c1-13-5-3-7-16(20-13)22-17-10-19-9-15(21-17)14-6-4-8-23(11-14)18(24)12-25-2/h3,5,7,9-10,14H,4,6,8,11-12H2,1-2H3,(H,20,21,22)/t14-/m0/s1. The van der Waals surface area contributed by atoms with Crippen molar-refractivity contribution in [2.24, 2.45) is 0 Å². The Bertz CT molecular complexity index is 737. The molecule has 0 bridgehead atoms. The van der Waals surface area contributed by atoms with Crippen LogP contribution in [0.1, 0.15) is 30.1 Å². The van der Waals surface area contributed by atoms with E-state index in [0.29, 0.717) is 12.4 Å². The summed E-state index contributed by atoms with van der Waals surface area (Å²) < 4.78 is 4.96. The quantitative estimate of drug-likeness (QED) is 0.899. The van der Waals surface area contributed by atoms with E-state index in [-0.39, 0.29) is 18.4 Å². The maximum absolute atomic E-state index is 12.1. The van der Waals surface area contributed by atoms with E-state index in [4.69, 9.17) is 4.74 Å².